The largest absolute Gasteiger partial charge is 0.510 e. The molecule has 0 aliphatic heterocycles. The van der Waals surface area contributed by atoms with Gasteiger partial charge in [-0.05, 0) is 40.5 Å². The van der Waals surface area contributed by atoms with E-state index in [1.54, 1.807) is 27.7 Å². The molecule has 1 N–H and O–H groups in total. The fourth-order valence-corrected chi connectivity index (χ4v) is 2.88. The number of carboxylic acids is 1. The van der Waals surface area contributed by atoms with Crippen molar-refractivity contribution < 1.29 is 52.1 Å². The Morgan fingerprint density at radius 3 is 1.67 bits per heavy atom. The van der Waals surface area contributed by atoms with Gasteiger partial charge in [-0.3, -0.25) is 18.4 Å². The van der Waals surface area contributed by atoms with E-state index in [1.165, 1.54) is 0 Å². The molecule has 27 heavy (non-hydrogen) atoms. The lowest BCUT2D eigenvalue weighted by Crippen LogP contribution is -2.17. The first kappa shape index (κ1) is 25.2. The van der Waals surface area contributed by atoms with Crippen LogP contribution in [0.2, 0.25) is 0 Å². The van der Waals surface area contributed by atoms with Gasteiger partial charge in [0.15, 0.2) is 0 Å². The highest BCUT2D eigenvalue weighted by molar-refractivity contribution is 7.53. The molecule has 0 bridgehead atoms. The summed E-state index contributed by atoms with van der Waals surface area (Å²) in [7, 11) is -3.82. The molecule has 0 aromatic rings. The van der Waals surface area contributed by atoms with Crippen LogP contribution in [-0.4, -0.2) is 55.3 Å². The van der Waals surface area contributed by atoms with Gasteiger partial charge in [0.05, 0.1) is 18.4 Å². The minimum absolute atomic E-state index is 0.117. The van der Waals surface area contributed by atoms with Crippen molar-refractivity contribution in [2.24, 2.45) is 0 Å². The molecular formula is C15H27O11P. The molecule has 0 aromatic heterocycles. The number of rotatable bonds is 13. The summed E-state index contributed by atoms with van der Waals surface area (Å²) < 4.78 is 41.2. The van der Waals surface area contributed by atoms with Crippen LogP contribution >= 0.6 is 7.60 Å². The van der Waals surface area contributed by atoms with Crippen LogP contribution in [0.4, 0.5) is 9.59 Å². The average Bonchev–Trinajstić information content (AvgIpc) is 2.50. The van der Waals surface area contributed by atoms with Gasteiger partial charge in [0.2, 0.25) is 13.6 Å². The first-order chi connectivity index (χ1) is 12.5. The Balaban J connectivity index is 4.50. The van der Waals surface area contributed by atoms with Crippen molar-refractivity contribution in [2.45, 2.75) is 59.2 Å². The van der Waals surface area contributed by atoms with Gasteiger partial charge in [-0.2, -0.15) is 0 Å². The third-order valence-electron chi connectivity index (χ3n) is 2.59. The van der Waals surface area contributed by atoms with E-state index in [0.29, 0.717) is 0 Å². The number of carbonyl (C=O) groups is 3. The first-order valence-corrected chi connectivity index (χ1v) is 10.0. The second-order valence-electron chi connectivity index (χ2n) is 5.80. The van der Waals surface area contributed by atoms with E-state index < -0.39 is 51.7 Å². The SMILES string of the molecule is CC(C)OC(=O)OCOP(=O)(CCCCC(=O)O)OCOC(=O)OC(C)C. The standard InChI is InChI=1S/C15H27O11P/c1-11(2)25-14(18)21-9-23-27(20,8-6-5-7-13(16)17)24-10-22-15(19)26-12(3)4/h11-12H,5-10H2,1-4H3,(H,16,17). The molecular weight excluding hydrogens is 387 g/mol. The lowest BCUT2D eigenvalue weighted by Gasteiger charge is -2.18. The minimum atomic E-state index is -3.82. The summed E-state index contributed by atoms with van der Waals surface area (Å²) >= 11 is 0. The van der Waals surface area contributed by atoms with E-state index in [0.717, 1.165) is 0 Å². The number of aliphatic carboxylic acids is 1. The zero-order chi connectivity index (χ0) is 20.9. The van der Waals surface area contributed by atoms with Crippen molar-refractivity contribution in [2.75, 3.05) is 19.7 Å². The molecule has 0 amide bonds. The lowest BCUT2D eigenvalue weighted by molar-refractivity contribution is -0.137. The molecule has 0 heterocycles. The topological polar surface area (TPSA) is 144 Å². The maximum Gasteiger partial charge on any atom is 0.510 e. The van der Waals surface area contributed by atoms with Crippen molar-refractivity contribution in [3.05, 3.63) is 0 Å². The molecule has 0 rings (SSSR count). The van der Waals surface area contributed by atoms with Gasteiger partial charge in [-0.1, -0.05) is 0 Å². The Hall–Kier alpha value is -1.84. The Kier molecular flexibility index (Phi) is 12.4. The summed E-state index contributed by atoms with van der Waals surface area (Å²) in [5.74, 6) is -0.994. The molecule has 0 spiro atoms. The molecule has 158 valence electrons. The second-order valence-corrected chi connectivity index (χ2v) is 7.99. The molecule has 0 saturated carbocycles. The molecule has 0 aliphatic carbocycles. The molecule has 0 aromatic carbocycles. The fraction of sp³-hybridized carbons (Fsp3) is 0.800. The van der Waals surface area contributed by atoms with Crippen LogP contribution in [-0.2, 0) is 37.4 Å². The van der Waals surface area contributed by atoms with Crippen molar-refractivity contribution in [3.8, 4) is 0 Å². The van der Waals surface area contributed by atoms with E-state index in [2.05, 4.69) is 9.47 Å². The smallest absolute Gasteiger partial charge is 0.481 e. The van der Waals surface area contributed by atoms with Gasteiger partial charge >= 0.3 is 25.9 Å². The Labute approximate surface area is 157 Å². The zero-order valence-electron chi connectivity index (χ0n) is 15.9. The number of ether oxygens (including phenoxy) is 4. The molecule has 12 heteroatoms. The van der Waals surface area contributed by atoms with E-state index in [9.17, 15) is 18.9 Å². The summed E-state index contributed by atoms with van der Waals surface area (Å²) in [6.07, 6.45) is -2.68. The van der Waals surface area contributed by atoms with E-state index in [4.69, 9.17) is 23.6 Å². The monoisotopic (exact) mass is 414 g/mol. The third kappa shape index (κ3) is 15.0. The summed E-state index contributed by atoms with van der Waals surface area (Å²) in [4.78, 5) is 33.1. The Morgan fingerprint density at radius 2 is 1.30 bits per heavy atom. The predicted octanol–water partition coefficient (Wildman–Crippen LogP) is 3.51. The van der Waals surface area contributed by atoms with Gasteiger partial charge in [-0.25, -0.2) is 9.59 Å². The predicted molar refractivity (Wildman–Crippen MR) is 91.3 cm³/mol. The number of unbranched alkanes of at least 4 members (excludes halogenated alkanes) is 1. The van der Waals surface area contributed by atoms with Crippen molar-refractivity contribution in [1.29, 1.82) is 0 Å². The molecule has 0 atom stereocenters. The summed E-state index contributed by atoms with van der Waals surface area (Å²) in [6, 6.07) is 0. The molecule has 0 unspecified atom stereocenters. The average molecular weight is 414 g/mol. The highest BCUT2D eigenvalue weighted by Gasteiger charge is 2.26. The van der Waals surface area contributed by atoms with Gasteiger partial charge in [0, 0.05) is 6.42 Å². The van der Waals surface area contributed by atoms with Crippen molar-refractivity contribution in [3.63, 3.8) is 0 Å². The van der Waals surface area contributed by atoms with Gasteiger partial charge in [0.25, 0.3) is 0 Å². The molecule has 0 radical (unpaired) electrons. The molecule has 0 aliphatic rings. The maximum atomic E-state index is 12.6. The van der Waals surface area contributed by atoms with Crippen molar-refractivity contribution >= 4 is 25.9 Å². The summed E-state index contributed by atoms with van der Waals surface area (Å²) in [5, 5.41) is 8.62. The quantitative estimate of drug-likeness (QED) is 0.204. The van der Waals surface area contributed by atoms with Crippen LogP contribution in [0, 0.1) is 0 Å². The molecule has 0 fully saturated rings. The second kappa shape index (κ2) is 13.3. The first-order valence-electron chi connectivity index (χ1n) is 8.31. The van der Waals surface area contributed by atoms with Crippen LogP contribution in [0.5, 0.6) is 0 Å². The highest BCUT2D eigenvalue weighted by atomic mass is 31.2. The zero-order valence-corrected chi connectivity index (χ0v) is 16.8. The van der Waals surface area contributed by atoms with Crippen LogP contribution in [0.1, 0.15) is 47.0 Å². The minimum Gasteiger partial charge on any atom is -0.481 e. The Morgan fingerprint density at radius 1 is 0.852 bits per heavy atom. The van der Waals surface area contributed by atoms with Gasteiger partial charge in [0.1, 0.15) is 0 Å². The number of hydrogen-bond acceptors (Lipinski definition) is 10. The number of carboxylic acid groups (broad SMARTS) is 1. The van der Waals surface area contributed by atoms with E-state index in [-0.39, 0.29) is 25.4 Å². The Bertz CT molecular complexity index is 486. The lowest BCUT2D eigenvalue weighted by atomic mass is 10.2. The van der Waals surface area contributed by atoms with E-state index in [1.807, 2.05) is 0 Å². The van der Waals surface area contributed by atoms with E-state index >= 15 is 0 Å². The summed E-state index contributed by atoms with van der Waals surface area (Å²) in [6.45, 7) is 5.05. The van der Waals surface area contributed by atoms with Crippen molar-refractivity contribution in [1.82, 2.24) is 0 Å². The van der Waals surface area contributed by atoms with Gasteiger partial charge < -0.3 is 24.1 Å². The van der Waals surface area contributed by atoms with Crippen LogP contribution in [0.3, 0.4) is 0 Å². The third-order valence-corrected chi connectivity index (χ3v) is 4.45. The molecule has 0 saturated heterocycles. The van der Waals surface area contributed by atoms with Crippen LogP contribution < -0.4 is 0 Å². The van der Waals surface area contributed by atoms with Crippen LogP contribution in [0.25, 0.3) is 0 Å². The normalized spacial score (nSPS) is 11.3. The van der Waals surface area contributed by atoms with Crippen LogP contribution in [0.15, 0.2) is 0 Å². The highest BCUT2D eigenvalue weighted by Crippen LogP contribution is 2.49. The number of carbonyl (C=O) groups excluding carboxylic acids is 2. The summed E-state index contributed by atoms with van der Waals surface area (Å²) in [5.41, 5.74) is 0. The number of hydrogen-bond donors (Lipinski definition) is 1. The maximum absolute atomic E-state index is 12.6. The fourth-order valence-electron chi connectivity index (χ4n) is 1.51. The molecule has 11 nitrogen and oxygen atoms in total. The van der Waals surface area contributed by atoms with Gasteiger partial charge in [-0.15, -0.1) is 0 Å².